The maximum Gasteiger partial charge on any atom is 0.304 e. The van der Waals surface area contributed by atoms with Crippen molar-refractivity contribution in [1.82, 2.24) is 4.90 Å². The normalized spacial score (nSPS) is 11.2. The van der Waals surface area contributed by atoms with Gasteiger partial charge < -0.3 is 9.52 Å². The number of rotatable bonds is 12. The smallest absolute Gasteiger partial charge is 0.304 e. The highest BCUT2D eigenvalue weighted by molar-refractivity contribution is 5.66. The van der Waals surface area contributed by atoms with Gasteiger partial charge in [-0.2, -0.15) is 0 Å². The minimum absolute atomic E-state index is 0.135. The Labute approximate surface area is 156 Å². The van der Waals surface area contributed by atoms with Crippen molar-refractivity contribution >= 4 is 5.97 Å². The lowest BCUT2D eigenvalue weighted by molar-refractivity contribution is -0.137. The zero-order chi connectivity index (χ0) is 18.8. The van der Waals surface area contributed by atoms with E-state index >= 15 is 0 Å². The van der Waals surface area contributed by atoms with Crippen LogP contribution in [0.5, 0.6) is 0 Å². The molecule has 0 unspecified atom stereocenters. The third kappa shape index (κ3) is 7.44. The number of benzene rings is 1. The highest BCUT2D eigenvalue weighted by Crippen LogP contribution is 2.16. The summed E-state index contributed by atoms with van der Waals surface area (Å²) in [5.74, 6) is 0.992. The summed E-state index contributed by atoms with van der Waals surface area (Å²) in [6.07, 6.45) is 6.31. The zero-order valence-electron chi connectivity index (χ0n) is 16.0. The molecule has 0 spiro atoms. The predicted molar refractivity (Wildman–Crippen MR) is 104 cm³/mol. The van der Waals surface area contributed by atoms with Crippen LogP contribution in [0.3, 0.4) is 0 Å². The van der Waals surface area contributed by atoms with E-state index < -0.39 is 5.97 Å². The Balaban J connectivity index is 1.98. The Morgan fingerprint density at radius 2 is 1.88 bits per heavy atom. The lowest BCUT2D eigenvalue weighted by Gasteiger charge is -2.21. The maximum atomic E-state index is 11.0. The third-order valence-electron chi connectivity index (χ3n) is 4.53. The molecule has 0 aliphatic carbocycles. The number of carbonyl (C=O) groups is 1. The van der Waals surface area contributed by atoms with Crippen LogP contribution in [0.2, 0.25) is 0 Å². The second kappa shape index (κ2) is 10.8. The molecule has 0 radical (unpaired) electrons. The van der Waals surface area contributed by atoms with Crippen LogP contribution in [0, 0.1) is 6.92 Å². The van der Waals surface area contributed by atoms with Crippen molar-refractivity contribution in [2.45, 2.75) is 65.5 Å². The number of furan rings is 1. The van der Waals surface area contributed by atoms with Crippen LogP contribution < -0.4 is 0 Å². The second-order valence-electron chi connectivity index (χ2n) is 7.00. The molecule has 1 heterocycles. The van der Waals surface area contributed by atoms with Gasteiger partial charge in [0.05, 0.1) is 13.0 Å². The van der Waals surface area contributed by atoms with Gasteiger partial charge in [0.2, 0.25) is 0 Å². The van der Waals surface area contributed by atoms with Gasteiger partial charge in [-0.25, -0.2) is 0 Å². The standard InChI is InChI=1S/C22H31NO3/c1-3-4-5-6-8-19-9-7-10-20(15-19)16-23(14-13-22(24)25)17-21-12-11-18(2)26-21/h7,9-12,15H,3-6,8,13-14,16-17H2,1-2H3,(H,24,25). The largest absolute Gasteiger partial charge is 0.481 e. The van der Waals surface area contributed by atoms with Crippen molar-refractivity contribution in [3.05, 3.63) is 59.0 Å². The van der Waals surface area contributed by atoms with Gasteiger partial charge in [-0.05, 0) is 43.0 Å². The van der Waals surface area contributed by atoms with Crippen LogP contribution >= 0.6 is 0 Å². The van der Waals surface area contributed by atoms with E-state index in [1.54, 1.807) is 0 Å². The first-order valence-electron chi connectivity index (χ1n) is 9.64. The SMILES string of the molecule is CCCCCCc1cccc(CN(CCC(=O)O)Cc2ccc(C)o2)c1. The van der Waals surface area contributed by atoms with E-state index in [1.807, 2.05) is 19.1 Å². The lowest BCUT2D eigenvalue weighted by atomic mass is 10.0. The molecule has 4 heteroatoms. The van der Waals surface area contributed by atoms with Crippen LogP contribution in [-0.2, 0) is 24.3 Å². The number of aliphatic carboxylic acids is 1. The van der Waals surface area contributed by atoms with Gasteiger partial charge >= 0.3 is 5.97 Å². The molecule has 0 aliphatic rings. The molecule has 4 nitrogen and oxygen atoms in total. The fourth-order valence-corrected chi connectivity index (χ4v) is 3.16. The van der Waals surface area contributed by atoms with E-state index in [9.17, 15) is 4.79 Å². The fourth-order valence-electron chi connectivity index (χ4n) is 3.16. The molecule has 142 valence electrons. The summed E-state index contributed by atoms with van der Waals surface area (Å²) in [4.78, 5) is 13.1. The Bertz CT molecular complexity index is 678. The van der Waals surface area contributed by atoms with Gasteiger partial charge in [0.25, 0.3) is 0 Å². The highest BCUT2D eigenvalue weighted by Gasteiger charge is 2.12. The van der Waals surface area contributed by atoms with Crippen LogP contribution in [0.4, 0.5) is 0 Å². The van der Waals surface area contributed by atoms with Crippen LogP contribution in [0.15, 0.2) is 40.8 Å². The summed E-state index contributed by atoms with van der Waals surface area (Å²) >= 11 is 0. The van der Waals surface area contributed by atoms with Crippen LogP contribution in [0.25, 0.3) is 0 Å². The Morgan fingerprint density at radius 3 is 2.58 bits per heavy atom. The topological polar surface area (TPSA) is 53.7 Å². The molecule has 2 rings (SSSR count). The first-order chi connectivity index (χ1) is 12.6. The van der Waals surface area contributed by atoms with Gasteiger partial charge in [0.1, 0.15) is 11.5 Å². The van der Waals surface area contributed by atoms with Crippen LogP contribution in [-0.4, -0.2) is 22.5 Å². The van der Waals surface area contributed by atoms with E-state index in [0.29, 0.717) is 13.1 Å². The average molecular weight is 357 g/mol. The quantitative estimate of drug-likeness (QED) is 0.531. The molecule has 2 aromatic rings. The molecule has 1 aromatic heterocycles. The number of hydrogen-bond acceptors (Lipinski definition) is 3. The summed E-state index contributed by atoms with van der Waals surface area (Å²) in [7, 11) is 0. The molecule has 0 bridgehead atoms. The van der Waals surface area contributed by atoms with Crippen LogP contribution in [0.1, 0.15) is 61.7 Å². The van der Waals surface area contributed by atoms with Gasteiger partial charge in [0.15, 0.2) is 0 Å². The molecular weight excluding hydrogens is 326 g/mol. The highest BCUT2D eigenvalue weighted by atomic mass is 16.4. The maximum absolute atomic E-state index is 11.0. The first-order valence-corrected chi connectivity index (χ1v) is 9.64. The molecule has 26 heavy (non-hydrogen) atoms. The van der Waals surface area contributed by atoms with Crippen molar-refractivity contribution in [3.8, 4) is 0 Å². The van der Waals surface area contributed by atoms with Gasteiger partial charge in [-0.3, -0.25) is 9.69 Å². The second-order valence-corrected chi connectivity index (χ2v) is 7.00. The minimum Gasteiger partial charge on any atom is -0.481 e. The Kier molecular flexibility index (Phi) is 8.42. The molecule has 0 saturated carbocycles. The van der Waals surface area contributed by atoms with E-state index in [0.717, 1.165) is 24.5 Å². The molecule has 0 amide bonds. The molecule has 1 N–H and O–H groups in total. The summed E-state index contributed by atoms with van der Waals surface area (Å²) in [5, 5.41) is 9.03. The molecule has 1 aromatic carbocycles. The number of nitrogens with zero attached hydrogens (tertiary/aromatic N) is 1. The minimum atomic E-state index is -0.768. The number of unbranched alkanes of at least 4 members (excludes halogenated alkanes) is 3. The van der Waals surface area contributed by atoms with E-state index in [2.05, 4.69) is 36.1 Å². The molecule has 0 fully saturated rings. The number of hydrogen-bond donors (Lipinski definition) is 1. The number of carboxylic acids is 1. The van der Waals surface area contributed by atoms with Crippen molar-refractivity contribution in [2.75, 3.05) is 6.54 Å². The Hall–Kier alpha value is -2.07. The van der Waals surface area contributed by atoms with Crippen molar-refractivity contribution in [1.29, 1.82) is 0 Å². The molecule has 0 aliphatic heterocycles. The first kappa shape index (κ1) is 20.2. The van der Waals surface area contributed by atoms with Gasteiger partial charge in [0, 0.05) is 13.1 Å². The molecular formula is C22H31NO3. The van der Waals surface area contributed by atoms with Gasteiger partial charge in [-0.15, -0.1) is 0 Å². The predicted octanol–water partition coefficient (Wildman–Crippen LogP) is 5.19. The summed E-state index contributed by atoms with van der Waals surface area (Å²) < 4.78 is 5.67. The van der Waals surface area contributed by atoms with Crippen molar-refractivity contribution in [3.63, 3.8) is 0 Å². The summed E-state index contributed by atoms with van der Waals surface area (Å²) in [6.45, 7) is 6.02. The van der Waals surface area contributed by atoms with Gasteiger partial charge in [-0.1, -0.05) is 50.5 Å². The van der Waals surface area contributed by atoms with E-state index in [4.69, 9.17) is 9.52 Å². The number of carboxylic acid groups (broad SMARTS) is 1. The molecule has 0 saturated heterocycles. The van der Waals surface area contributed by atoms with E-state index in [1.165, 1.54) is 36.8 Å². The monoisotopic (exact) mass is 357 g/mol. The Morgan fingerprint density at radius 1 is 1.08 bits per heavy atom. The van der Waals surface area contributed by atoms with E-state index in [-0.39, 0.29) is 6.42 Å². The summed E-state index contributed by atoms with van der Waals surface area (Å²) in [6, 6.07) is 12.6. The zero-order valence-corrected chi connectivity index (χ0v) is 16.0. The average Bonchev–Trinajstić information content (AvgIpc) is 3.02. The number of aryl methyl sites for hydroxylation is 2. The summed E-state index contributed by atoms with van der Waals surface area (Å²) in [5.41, 5.74) is 2.59. The third-order valence-corrected chi connectivity index (χ3v) is 4.53. The van der Waals surface area contributed by atoms with Crippen molar-refractivity contribution < 1.29 is 14.3 Å². The molecule has 0 atom stereocenters. The lowest BCUT2D eigenvalue weighted by Crippen LogP contribution is -2.25. The fraction of sp³-hybridized carbons (Fsp3) is 0.500. The van der Waals surface area contributed by atoms with Crippen molar-refractivity contribution in [2.24, 2.45) is 0 Å².